The molecule has 22 heavy (non-hydrogen) atoms. The molecule has 1 aliphatic rings. The maximum Gasteiger partial charge on any atom is 0.0991 e. The van der Waals surface area contributed by atoms with Crippen molar-refractivity contribution < 1.29 is 10.2 Å². The van der Waals surface area contributed by atoms with Gasteiger partial charge in [-0.2, -0.15) is 5.26 Å². The van der Waals surface area contributed by atoms with Crippen LogP contribution in [0.2, 0.25) is 0 Å². The van der Waals surface area contributed by atoms with Crippen LogP contribution in [0.5, 0.6) is 0 Å². The van der Waals surface area contributed by atoms with E-state index >= 15 is 0 Å². The summed E-state index contributed by atoms with van der Waals surface area (Å²) in [6.07, 6.45) is 5.06. The highest BCUT2D eigenvalue weighted by atomic mass is 16.3. The van der Waals surface area contributed by atoms with Crippen molar-refractivity contribution in [1.29, 1.82) is 5.26 Å². The molecule has 2 rings (SSSR count). The number of aliphatic hydroxyl groups excluding tert-OH is 2. The van der Waals surface area contributed by atoms with Gasteiger partial charge in [-0.25, -0.2) is 0 Å². The van der Waals surface area contributed by atoms with Crippen LogP contribution in [0, 0.1) is 11.3 Å². The Morgan fingerprint density at radius 3 is 2.32 bits per heavy atom. The molecule has 1 fully saturated rings. The van der Waals surface area contributed by atoms with Gasteiger partial charge in [0.25, 0.3) is 0 Å². The van der Waals surface area contributed by atoms with Gasteiger partial charge in [-0.05, 0) is 37.5 Å². The topological polar surface area (TPSA) is 67.5 Å². The maximum absolute atomic E-state index is 10.5. The lowest BCUT2D eigenvalue weighted by Gasteiger charge is -2.36. The highest BCUT2D eigenvalue weighted by Crippen LogP contribution is 2.25. The maximum atomic E-state index is 10.5. The molecular weight excluding hydrogens is 276 g/mol. The Bertz CT molecular complexity index is 487. The second-order valence-corrected chi connectivity index (χ2v) is 6.34. The summed E-state index contributed by atoms with van der Waals surface area (Å²) in [5.41, 5.74) is 1.43. The van der Waals surface area contributed by atoms with Crippen LogP contribution >= 0.6 is 0 Å². The molecule has 0 radical (unpaired) electrons. The molecule has 0 bridgehead atoms. The van der Waals surface area contributed by atoms with Crippen LogP contribution in [-0.2, 0) is 0 Å². The monoisotopic (exact) mass is 302 g/mol. The third kappa shape index (κ3) is 4.81. The standard InChI is InChI=1S/C18H26N2O2/c1-14(21)12-20(17-5-3-2-4-6-17)13-18(22)16-9-7-15(11-19)8-10-16/h7-10,14,17-18,21-22H,2-6,12-13H2,1H3. The molecule has 1 aliphatic carbocycles. The molecular formula is C18H26N2O2. The molecule has 0 saturated heterocycles. The van der Waals surface area contributed by atoms with Gasteiger partial charge in [-0.1, -0.05) is 31.4 Å². The van der Waals surface area contributed by atoms with Gasteiger partial charge in [0, 0.05) is 19.1 Å². The van der Waals surface area contributed by atoms with E-state index in [9.17, 15) is 10.2 Å². The first-order valence-electron chi connectivity index (χ1n) is 8.20. The van der Waals surface area contributed by atoms with E-state index in [2.05, 4.69) is 11.0 Å². The first-order valence-corrected chi connectivity index (χ1v) is 8.20. The third-order valence-electron chi connectivity index (χ3n) is 4.42. The molecule has 2 unspecified atom stereocenters. The number of nitriles is 1. The van der Waals surface area contributed by atoms with E-state index in [1.807, 2.05) is 12.1 Å². The van der Waals surface area contributed by atoms with Crippen molar-refractivity contribution in [2.45, 2.75) is 57.3 Å². The summed E-state index contributed by atoms with van der Waals surface area (Å²) in [5.74, 6) is 0. The van der Waals surface area contributed by atoms with Crippen LogP contribution in [-0.4, -0.2) is 40.3 Å². The fourth-order valence-corrected chi connectivity index (χ4v) is 3.27. The van der Waals surface area contributed by atoms with E-state index in [0.717, 1.165) is 18.4 Å². The number of aliphatic hydroxyl groups is 2. The predicted octanol–water partition coefficient (Wildman–Crippen LogP) is 2.61. The summed E-state index contributed by atoms with van der Waals surface area (Å²) in [6, 6.07) is 9.63. The van der Waals surface area contributed by atoms with Gasteiger partial charge in [0.1, 0.15) is 0 Å². The van der Waals surface area contributed by atoms with Crippen LogP contribution in [0.1, 0.15) is 56.3 Å². The van der Waals surface area contributed by atoms with E-state index in [1.54, 1.807) is 19.1 Å². The first kappa shape index (κ1) is 17.0. The minimum atomic E-state index is -0.589. The molecule has 0 aliphatic heterocycles. The number of benzene rings is 1. The van der Waals surface area contributed by atoms with Gasteiger partial charge in [0.05, 0.1) is 23.8 Å². The average molecular weight is 302 g/mol. The molecule has 4 heteroatoms. The summed E-state index contributed by atoms with van der Waals surface area (Å²) in [6.45, 7) is 2.92. The van der Waals surface area contributed by atoms with Crippen molar-refractivity contribution in [2.24, 2.45) is 0 Å². The molecule has 2 atom stereocenters. The van der Waals surface area contributed by atoms with E-state index in [1.165, 1.54) is 19.3 Å². The first-order chi connectivity index (χ1) is 10.6. The SMILES string of the molecule is CC(O)CN(CC(O)c1ccc(C#N)cc1)C1CCCCC1. The summed E-state index contributed by atoms with van der Waals surface area (Å²) in [7, 11) is 0. The number of hydrogen-bond donors (Lipinski definition) is 2. The molecule has 0 amide bonds. The summed E-state index contributed by atoms with van der Waals surface area (Å²) in [5, 5.41) is 29.1. The molecule has 1 aromatic carbocycles. The van der Waals surface area contributed by atoms with E-state index < -0.39 is 12.2 Å². The average Bonchev–Trinajstić information content (AvgIpc) is 2.54. The Kier molecular flexibility index (Phi) is 6.38. The minimum Gasteiger partial charge on any atom is -0.392 e. The normalized spacial score (nSPS) is 18.9. The fourth-order valence-electron chi connectivity index (χ4n) is 3.27. The second kappa shape index (κ2) is 8.28. The van der Waals surface area contributed by atoms with Crippen LogP contribution < -0.4 is 0 Å². The van der Waals surface area contributed by atoms with Gasteiger partial charge in [0.15, 0.2) is 0 Å². The molecule has 120 valence electrons. The lowest BCUT2D eigenvalue weighted by Crippen LogP contribution is -2.43. The van der Waals surface area contributed by atoms with Gasteiger partial charge in [-0.15, -0.1) is 0 Å². The van der Waals surface area contributed by atoms with Gasteiger partial charge >= 0.3 is 0 Å². The highest BCUT2D eigenvalue weighted by Gasteiger charge is 2.24. The highest BCUT2D eigenvalue weighted by molar-refractivity contribution is 5.32. The van der Waals surface area contributed by atoms with Gasteiger partial charge in [0.2, 0.25) is 0 Å². The van der Waals surface area contributed by atoms with Crippen molar-refractivity contribution in [3.8, 4) is 6.07 Å². The zero-order chi connectivity index (χ0) is 15.9. The minimum absolute atomic E-state index is 0.393. The lowest BCUT2D eigenvalue weighted by molar-refractivity contribution is 0.0392. The Hall–Kier alpha value is -1.41. The van der Waals surface area contributed by atoms with Crippen molar-refractivity contribution in [3.63, 3.8) is 0 Å². The van der Waals surface area contributed by atoms with Gasteiger partial charge in [-0.3, -0.25) is 4.90 Å². The van der Waals surface area contributed by atoms with Crippen molar-refractivity contribution in [3.05, 3.63) is 35.4 Å². The molecule has 0 aromatic heterocycles. The summed E-state index contributed by atoms with van der Waals surface area (Å²) in [4.78, 5) is 2.23. The number of rotatable bonds is 6. The molecule has 2 N–H and O–H groups in total. The zero-order valence-electron chi connectivity index (χ0n) is 13.3. The zero-order valence-corrected chi connectivity index (χ0v) is 13.3. The van der Waals surface area contributed by atoms with Crippen molar-refractivity contribution in [2.75, 3.05) is 13.1 Å². The smallest absolute Gasteiger partial charge is 0.0991 e. The number of nitrogens with zero attached hydrogens (tertiary/aromatic N) is 2. The van der Waals surface area contributed by atoms with Crippen LogP contribution in [0.25, 0.3) is 0 Å². The fraction of sp³-hybridized carbons (Fsp3) is 0.611. The Labute approximate surface area is 133 Å². The van der Waals surface area contributed by atoms with Crippen molar-refractivity contribution >= 4 is 0 Å². The quantitative estimate of drug-likeness (QED) is 0.847. The Balaban J connectivity index is 2.02. The Morgan fingerprint density at radius 2 is 1.77 bits per heavy atom. The van der Waals surface area contributed by atoms with E-state index in [0.29, 0.717) is 24.7 Å². The molecule has 4 nitrogen and oxygen atoms in total. The molecule has 0 heterocycles. The largest absolute Gasteiger partial charge is 0.392 e. The van der Waals surface area contributed by atoms with Gasteiger partial charge < -0.3 is 10.2 Å². The van der Waals surface area contributed by atoms with Crippen LogP contribution in [0.15, 0.2) is 24.3 Å². The molecule has 1 aromatic rings. The Morgan fingerprint density at radius 1 is 1.14 bits per heavy atom. The second-order valence-electron chi connectivity index (χ2n) is 6.34. The summed E-state index contributed by atoms with van der Waals surface area (Å²) < 4.78 is 0. The third-order valence-corrected chi connectivity index (χ3v) is 4.42. The van der Waals surface area contributed by atoms with Crippen LogP contribution in [0.4, 0.5) is 0 Å². The van der Waals surface area contributed by atoms with E-state index in [-0.39, 0.29) is 0 Å². The lowest BCUT2D eigenvalue weighted by atomic mass is 9.93. The summed E-state index contributed by atoms with van der Waals surface area (Å²) >= 11 is 0. The predicted molar refractivity (Wildman–Crippen MR) is 86.2 cm³/mol. The number of hydrogen-bond acceptors (Lipinski definition) is 4. The van der Waals surface area contributed by atoms with Crippen molar-refractivity contribution in [1.82, 2.24) is 4.90 Å². The molecule has 0 spiro atoms. The van der Waals surface area contributed by atoms with Crippen LogP contribution in [0.3, 0.4) is 0 Å². The van der Waals surface area contributed by atoms with E-state index in [4.69, 9.17) is 5.26 Å². The molecule has 1 saturated carbocycles.